The minimum atomic E-state index is -4.25. The van der Waals surface area contributed by atoms with Gasteiger partial charge in [0.25, 0.3) is 10.0 Å². The Morgan fingerprint density at radius 1 is 0.894 bits per heavy atom. The second-order valence-electron chi connectivity index (χ2n) is 11.1. The Hall–Kier alpha value is -3.67. The molecule has 0 aromatic heterocycles. The normalized spacial score (nSPS) is 11.9. The van der Waals surface area contributed by atoms with Crippen LogP contribution in [-0.2, 0) is 32.6 Å². The van der Waals surface area contributed by atoms with Gasteiger partial charge in [0.05, 0.1) is 22.2 Å². The first-order valence-electron chi connectivity index (χ1n) is 15.3. The lowest BCUT2D eigenvalue weighted by Crippen LogP contribution is -2.53. The summed E-state index contributed by atoms with van der Waals surface area (Å²) in [5.74, 6) is -0.345. The number of hydrogen-bond acceptors (Lipinski definition) is 5. The second kappa shape index (κ2) is 16.9. The van der Waals surface area contributed by atoms with Crippen LogP contribution in [0.4, 0.5) is 5.69 Å². The Morgan fingerprint density at radius 3 is 2.23 bits per heavy atom. The van der Waals surface area contributed by atoms with E-state index in [1.165, 1.54) is 24.1 Å². The summed E-state index contributed by atoms with van der Waals surface area (Å²) < 4.78 is 36.3. The summed E-state index contributed by atoms with van der Waals surface area (Å²) in [4.78, 5) is 29.9. The first-order chi connectivity index (χ1) is 22.5. The SMILES string of the molecule is CCCCNC(=O)C(Cc1ccccc1)N(Cc1cccc(Br)c1)C(=O)CN(c1ccc(C)cc1)S(=O)(=O)c1ccc(OC)c(Br)c1. The highest BCUT2D eigenvalue weighted by Gasteiger charge is 2.35. The molecule has 0 aliphatic rings. The summed E-state index contributed by atoms with van der Waals surface area (Å²) in [7, 11) is -2.76. The number of benzene rings is 4. The Labute approximate surface area is 294 Å². The van der Waals surface area contributed by atoms with E-state index in [4.69, 9.17) is 4.74 Å². The van der Waals surface area contributed by atoms with Gasteiger partial charge in [0.1, 0.15) is 18.3 Å². The molecule has 0 fully saturated rings. The number of amides is 2. The molecule has 11 heteroatoms. The van der Waals surface area contributed by atoms with Crippen LogP contribution in [0, 0.1) is 6.92 Å². The summed E-state index contributed by atoms with van der Waals surface area (Å²) in [5, 5.41) is 3.01. The summed E-state index contributed by atoms with van der Waals surface area (Å²) in [6.45, 7) is 3.97. The average molecular weight is 786 g/mol. The number of hydrogen-bond donors (Lipinski definition) is 1. The van der Waals surface area contributed by atoms with Gasteiger partial charge in [-0.3, -0.25) is 13.9 Å². The first-order valence-corrected chi connectivity index (χ1v) is 18.3. The number of sulfonamides is 1. The van der Waals surface area contributed by atoms with Crippen molar-refractivity contribution in [2.75, 3.05) is 24.5 Å². The zero-order chi connectivity index (χ0) is 34.0. The van der Waals surface area contributed by atoms with E-state index >= 15 is 0 Å². The molecule has 1 atom stereocenters. The summed E-state index contributed by atoms with van der Waals surface area (Å²) >= 11 is 6.91. The van der Waals surface area contributed by atoms with Crippen LogP contribution < -0.4 is 14.4 Å². The first kappa shape index (κ1) is 36.2. The molecule has 0 radical (unpaired) electrons. The minimum Gasteiger partial charge on any atom is -0.496 e. The van der Waals surface area contributed by atoms with Gasteiger partial charge in [-0.05, 0) is 82.9 Å². The number of rotatable bonds is 15. The van der Waals surface area contributed by atoms with Gasteiger partial charge in [-0.25, -0.2) is 8.42 Å². The van der Waals surface area contributed by atoms with Gasteiger partial charge in [0.15, 0.2) is 0 Å². The molecule has 0 saturated carbocycles. The molecule has 8 nitrogen and oxygen atoms in total. The third-order valence-corrected chi connectivity index (χ3v) is 10.5. The Balaban J connectivity index is 1.80. The zero-order valence-corrected chi connectivity index (χ0v) is 30.6. The van der Waals surface area contributed by atoms with Crippen LogP contribution >= 0.6 is 31.9 Å². The largest absolute Gasteiger partial charge is 0.496 e. The summed E-state index contributed by atoms with van der Waals surface area (Å²) in [5.41, 5.74) is 2.93. The Morgan fingerprint density at radius 2 is 1.60 bits per heavy atom. The van der Waals surface area contributed by atoms with Crippen LogP contribution in [0.5, 0.6) is 5.75 Å². The van der Waals surface area contributed by atoms with Crippen LogP contribution in [0.1, 0.15) is 36.5 Å². The van der Waals surface area contributed by atoms with Crippen LogP contribution in [0.3, 0.4) is 0 Å². The van der Waals surface area contributed by atoms with Crippen molar-refractivity contribution < 1.29 is 22.7 Å². The lowest BCUT2D eigenvalue weighted by molar-refractivity contribution is -0.140. The fourth-order valence-corrected chi connectivity index (χ4v) is 7.65. The van der Waals surface area contributed by atoms with Crippen molar-refractivity contribution in [2.24, 2.45) is 0 Å². The topological polar surface area (TPSA) is 96.0 Å². The number of carbonyl (C=O) groups excluding carboxylic acids is 2. The molecule has 0 aliphatic carbocycles. The quantitative estimate of drug-likeness (QED) is 0.128. The maximum absolute atomic E-state index is 14.6. The third-order valence-electron chi connectivity index (χ3n) is 7.65. The molecule has 0 saturated heterocycles. The van der Waals surface area contributed by atoms with Crippen LogP contribution in [0.2, 0.25) is 0 Å². The van der Waals surface area contributed by atoms with Gasteiger partial charge >= 0.3 is 0 Å². The van der Waals surface area contributed by atoms with Crippen LogP contribution in [0.15, 0.2) is 111 Å². The molecule has 2 amide bonds. The second-order valence-corrected chi connectivity index (χ2v) is 14.8. The molecule has 4 rings (SSSR count). The predicted octanol–water partition coefficient (Wildman–Crippen LogP) is 7.28. The molecule has 4 aromatic rings. The Kier molecular flexibility index (Phi) is 13.0. The van der Waals surface area contributed by atoms with Crippen molar-refractivity contribution in [3.8, 4) is 5.75 Å². The summed E-state index contributed by atoms with van der Waals surface area (Å²) in [6, 6.07) is 27.5. The van der Waals surface area contributed by atoms with Gasteiger partial charge < -0.3 is 15.0 Å². The van der Waals surface area contributed by atoms with E-state index in [1.807, 2.05) is 68.4 Å². The fraction of sp³-hybridized carbons (Fsp3) is 0.278. The number of halogens is 2. The zero-order valence-electron chi connectivity index (χ0n) is 26.7. The van der Waals surface area contributed by atoms with Gasteiger partial charge in [0, 0.05) is 24.0 Å². The lowest BCUT2D eigenvalue weighted by atomic mass is 10.0. The number of methoxy groups -OCH3 is 1. The van der Waals surface area contributed by atoms with Gasteiger partial charge in [-0.2, -0.15) is 0 Å². The van der Waals surface area contributed by atoms with Gasteiger partial charge in [-0.1, -0.05) is 89.4 Å². The number of unbranched alkanes of at least 4 members (excludes halogenated alkanes) is 1. The van der Waals surface area contributed by atoms with E-state index in [9.17, 15) is 18.0 Å². The summed E-state index contributed by atoms with van der Waals surface area (Å²) in [6.07, 6.45) is 1.94. The molecule has 47 heavy (non-hydrogen) atoms. The number of carbonyl (C=O) groups is 2. The van der Waals surface area contributed by atoms with Crippen molar-refractivity contribution in [3.63, 3.8) is 0 Å². The minimum absolute atomic E-state index is 0.0183. The third kappa shape index (κ3) is 9.68. The number of nitrogens with one attached hydrogen (secondary N) is 1. The maximum Gasteiger partial charge on any atom is 0.264 e. The van der Waals surface area contributed by atoms with E-state index in [-0.39, 0.29) is 23.8 Å². The number of ether oxygens (including phenoxy) is 1. The highest BCUT2D eigenvalue weighted by atomic mass is 79.9. The van der Waals surface area contributed by atoms with E-state index in [0.717, 1.165) is 38.3 Å². The molecule has 0 spiro atoms. The standard InChI is InChI=1S/C36H39Br2N3O5S/c1-4-5-20-39-36(43)33(22-27-10-7-6-8-11-27)40(24-28-12-9-13-29(37)21-28)35(42)25-41(30-16-14-26(2)15-17-30)47(44,45)31-18-19-34(46-3)32(38)23-31/h6-19,21,23,33H,4-5,20,22,24-25H2,1-3H3,(H,39,43). The van der Waals surface area contributed by atoms with Crippen molar-refractivity contribution >= 4 is 59.4 Å². The highest BCUT2D eigenvalue weighted by molar-refractivity contribution is 9.10. The van der Waals surface area contributed by atoms with E-state index in [0.29, 0.717) is 22.5 Å². The molecule has 0 aliphatic heterocycles. The molecule has 1 N–H and O–H groups in total. The molecule has 1 unspecified atom stereocenters. The molecule has 248 valence electrons. The van der Waals surface area contributed by atoms with Crippen LogP contribution in [-0.4, -0.2) is 51.4 Å². The van der Waals surface area contributed by atoms with E-state index in [2.05, 4.69) is 37.2 Å². The van der Waals surface area contributed by atoms with Crippen molar-refractivity contribution in [1.82, 2.24) is 10.2 Å². The molecular weight excluding hydrogens is 746 g/mol. The fourth-order valence-electron chi connectivity index (χ4n) is 5.07. The highest BCUT2D eigenvalue weighted by Crippen LogP contribution is 2.31. The number of nitrogens with zero attached hydrogens (tertiary/aromatic N) is 2. The number of aryl methyl sites for hydroxylation is 1. The van der Waals surface area contributed by atoms with E-state index < -0.39 is 28.5 Å². The lowest BCUT2D eigenvalue weighted by Gasteiger charge is -2.34. The van der Waals surface area contributed by atoms with Gasteiger partial charge in [0.2, 0.25) is 11.8 Å². The number of anilines is 1. The van der Waals surface area contributed by atoms with Crippen LogP contribution in [0.25, 0.3) is 0 Å². The van der Waals surface area contributed by atoms with E-state index in [1.54, 1.807) is 30.3 Å². The van der Waals surface area contributed by atoms with Gasteiger partial charge in [-0.15, -0.1) is 0 Å². The molecular formula is C36H39Br2N3O5S. The van der Waals surface area contributed by atoms with Crippen molar-refractivity contribution in [1.29, 1.82) is 0 Å². The molecule has 0 heterocycles. The Bertz CT molecular complexity index is 1770. The molecule has 4 aromatic carbocycles. The van der Waals surface area contributed by atoms with Crippen molar-refractivity contribution in [3.05, 3.63) is 123 Å². The maximum atomic E-state index is 14.6. The predicted molar refractivity (Wildman–Crippen MR) is 193 cm³/mol. The monoisotopic (exact) mass is 783 g/mol. The molecule has 0 bridgehead atoms. The van der Waals surface area contributed by atoms with Crippen molar-refractivity contribution in [2.45, 2.75) is 50.6 Å². The smallest absolute Gasteiger partial charge is 0.264 e. The average Bonchev–Trinajstić information content (AvgIpc) is 3.06.